The molecular weight excluding hydrogens is 1140 g/mol. The molecule has 3 rings (SSSR count). The van der Waals surface area contributed by atoms with Gasteiger partial charge < -0.3 is 57.2 Å². The molecule has 0 bridgehead atoms. The van der Waals surface area contributed by atoms with Gasteiger partial charge in [-0.15, -0.1) is 5.54 Å². The van der Waals surface area contributed by atoms with Crippen molar-refractivity contribution in [1.82, 2.24) is 65.8 Å². The Morgan fingerprint density at radius 2 is 0.779 bits per heavy atom. The minimum Gasteiger partial charge on any atom is -0.480 e. The molecule has 1 aromatic rings. The largest absolute Gasteiger partial charge is 0.480 e. The molecule has 0 radical (unpaired) electrons. The maximum absolute atomic E-state index is 13.8. The molecule has 0 aliphatic carbocycles. The van der Waals surface area contributed by atoms with Crippen LogP contribution in [0.1, 0.15) is 31.4 Å². The number of hydrogen-bond donors (Lipinski definition) is 11. The number of carboxylic acid groups (broad SMARTS) is 6. The van der Waals surface area contributed by atoms with Crippen molar-refractivity contribution in [3.63, 3.8) is 0 Å². The van der Waals surface area contributed by atoms with Crippen LogP contribution in [-0.2, 0) is 59.2 Å². The maximum Gasteiger partial charge on any atom is 0.317 e. The summed E-state index contributed by atoms with van der Waals surface area (Å²) in [6, 6.07) is 4.52. The van der Waals surface area contributed by atoms with Crippen LogP contribution in [0.5, 0.6) is 0 Å². The van der Waals surface area contributed by atoms with E-state index in [-0.39, 0.29) is 151 Å². The maximum atomic E-state index is 13.8. The van der Waals surface area contributed by atoms with E-state index in [4.69, 9.17) is 0 Å². The highest BCUT2D eigenvalue weighted by Crippen LogP contribution is 2.10. The van der Waals surface area contributed by atoms with Crippen LogP contribution in [0.2, 0.25) is 19.6 Å². The van der Waals surface area contributed by atoms with Crippen LogP contribution >= 0.6 is 0 Å². The van der Waals surface area contributed by atoms with Crippen LogP contribution in [0.3, 0.4) is 0 Å². The van der Waals surface area contributed by atoms with Crippen molar-refractivity contribution in [3.8, 4) is 11.5 Å². The Kier molecular flexibility index (Phi) is 32.4. The van der Waals surface area contributed by atoms with E-state index in [9.17, 15) is 83.4 Å². The molecule has 2 aliphatic rings. The Morgan fingerprint density at radius 1 is 0.453 bits per heavy atom. The van der Waals surface area contributed by atoms with Gasteiger partial charge in [0.15, 0.2) is 0 Å². The van der Waals surface area contributed by atoms with Gasteiger partial charge in [-0.2, -0.15) is 0 Å². The molecule has 2 unspecified atom stereocenters. The molecule has 0 aromatic heterocycles. The van der Waals surface area contributed by atoms with Crippen LogP contribution in [-0.4, -0.2) is 332 Å². The molecule has 86 heavy (non-hydrogen) atoms. The molecule has 2 fully saturated rings. The number of benzene rings is 1. The van der Waals surface area contributed by atoms with Gasteiger partial charge in [0.1, 0.15) is 14.1 Å². The summed E-state index contributed by atoms with van der Waals surface area (Å²) in [5, 5.41) is 70.6. The summed E-state index contributed by atoms with van der Waals surface area (Å²) in [5.74, 6) is -6.93. The zero-order valence-electron chi connectivity index (χ0n) is 50.1. The van der Waals surface area contributed by atoms with Crippen molar-refractivity contribution in [3.05, 3.63) is 35.4 Å². The fourth-order valence-corrected chi connectivity index (χ4v) is 9.83. The Bertz CT molecular complexity index is 2450. The number of carbonyl (C=O) groups excluding carboxylic acids is 5. The zero-order chi connectivity index (χ0) is 63.9. The monoisotopic (exact) mass is 1230 g/mol. The Morgan fingerprint density at radius 3 is 1.10 bits per heavy atom. The second kappa shape index (κ2) is 38.1. The first kappa shape index (κ1) is 73.1. The summed E-state index contributed by atoms with van der Waals surface area (Å²) in [6.45, 7) is 8.40. The third-order valence-electron chi connectivity index (χ3n) is 14.2. The predicted octanol–water partition coefficient (Wildman–Crippen LogP) is -4.47. The Balaban J connectivity index is 1.74. The van der Waals surface area contributed by atoms with Gasteiger partial charge in [-0.25, -0.2) is 0 Å². The average molecular weight is 1230 g/mol. The van der Waals surface area contributed by atoms with E-state index in [2.05, 4.69) is 57.7 Å². The average Bonchev–Trinajstić information content (AvgIpc) is 3.54. The second-order valence-corrected chi connectivity index (χ2v) is 27.1. The summed E-state index contributed by atoms with van der Waals surface area (Å²) in [5.41, 5.74) is 5.22. The van der Waals surface area contributed by atoms with Gasteiger partial charge in [0.2, 0.25) is 29.5 Å². The predicted molar refractivity (Wildman–Crippen MR) is 315 cm³/mol. The molecule has 1 aromatic carbocycles. The smallest absolute Gasteiger partial charge is 0.317 e. The normalized spacial score (nSPS) is 17.8. The quantitative estimate of drug-likeness (QED) is 0.0214. The lowest BCUT2D eigenvalue weighted by atomic mass is 10.1. The number of nitrogens with zero attached hydrogens (tertiary/aromatic N) is 8. The molecule has 30 nitrogen and oxygen atoms in total. The number of carbonyl (C=O) groups is 11. The van der Waals surface area contributed by atoms with Crippen molar-refractivity contribution in [2.24, 2.45) is 0 Å². The lowest BCUT2D eigenvalue weighted by Crippen LogP contribution is -2.56. The molecule has 2 aliphatic heterocycles. The molecule has 5 amide bonds. The summed E-state index contributed by atoms with van der Waals surface area (Å²) in [6.07, 6.45) is 1.08. The fraction of sp³-hybridized carbons (Fsp3) is 0.655. The summed E-state index contributed by atoms with van der Waals surface area (Å²) in [7, 11) is -1.58. The topological polar surface area (TPSA) is 395 Å². The SMILES string of the molecule is CC(C(=O)NCC(=O)NC[C@H](NC(=O)CNC(=O)C(C)N1CCN(CC(=O)O)CCN(CC(=O)O)CCN(CC(=O)O)CC1)C(=O)NCCCc1ccc(C#C[Si](C)(C)C)cc1)N1CCN(CC(=O)O)CCN(CC(=O)O)CCN(CC(=O)O)CC1. The highest BCUT2D eigenvalue weighted by atomic mass is 28.3. The first-order chi connectivity index (χ1) is 40.5. The fourth-order valence-electron chi connectivity index (χ4n) is 9.31. The van der Waals surface area contributed by atoms with Gasteiger partial charge >= 0.3 is 35.8 Å². The van der Waals surface area contributed by atoms with E-state index in [0.717, 1.165) is 11.1 Å². The Hall–Kier alpha value is -7.15. The number of rotatable bonds is 28. The molecule has 2 saturated heterocycles. The van der Waals surface area contributed by atoms with E-state index in [0.29, 0.717) is 12.8 Å². The van der Waals surface area contributed by atoms with E-state index >= 15 is 0 Å². The Labute approximate surface area is 502 Å². The lowest BCUT2D eigenvalue weighted by molar-refractivity contribution is -0.141. The first-order valence-corrected chi connectivity index (χ1v) is 32.2. The van der Waals surface area contributed by atoms with Crippen molar-refractivity contribution in [2.75, 3.05) is 170 Å². The van der Waals surface area contributed by atoms with Gasteiger partial charge in [0.25, 0.3) is 0 Å². The van der Waals surface area contributed by atoms with Gasteiger partial charge in [-0.1, -0.05) is 37.7 Å². The van der Waals surface area contributed by atoms with Crippen molar-refractivity contribution < 1.29 is 83.4 Å². The molecule has 0 spiro atoms. The number of aliphatic carboxylic acids is 6. The standard InChI is InChI=1S/C55H89N13O17Si/c1-40(67-26-22-63(36-49(75)76)18-14-61(34-47(71)72)15-19-64(23-27-67)37-50(77)78)53(83)58-32-45(69)57-31-44(55(85)56-13-6-7-42-8-10-43(11-9-42)12-30-86(3,4)5)60-46(70)33-59-54(84)41(2)68-28-24-65(38-51(79)80)20-16-62(35-48(73)74)17-21-66(25-29-68)39-52(81)82/h8-11,40-41,44H,6-7,13-29,31-39H2,1-5H3,(H,56,85)(H,57,69)(H,58,83)(H,59,84)(H,60,70)(H,71,72)(H,73,74)(H,75,76)(H,77,78)(H,79,80)(H,81,82)/t40?,41?,44-/m0/s1. The van der Waals surface area contributed by atoms with Gasteiger partial charge in [-0.3, -0.25) is 91.9 Å². The molecule has 3 atom stereocenters. The molecular formula is C55H89N13O17Si. The third-order valence-corrected chi connectivity index (χ3v) is 15.1. The first-order valence-electron chi connectivity index (χ1n) is 28.7. The number of carboxylic acids is 6. The molecule has 11 N–H and O–H groups in total. The van der Waals surface area contributed by atoms with Crippen molar-refractivity contribution >= 4 is 73.4 Å². The lowest BCUT2D eigenvalue weighted by Gasteiger charge is -2.35. The van der Waals surface area contributed by atoms with E-state index in [1.165, 1.54) is 0 Å². The molecule has 31 heteroatoms. The summed E-state index contributed by atoms with van der Waals surface area (Å²) in [4.78, 5) is 152. The summed E-state index contributed by atoms with van der Waals surface area (Å²) >= 11 is 0. The van der Waals surface area contributed by atoms with Gasteiger partial charge in [-0.05, 0) is 44.4 Å². The highest BCUT2D eigenvalue weighted by molar-refractivity contribution is 6.83. The second-order valence-electron chi connectivity index (χ2n) is 22.4. The van der Waals surface area contributed by atoms with Crippen LogP contribution in [0, 0.1) is 11.5 Å². The minimum absolute atomic E-state index is 0.130. The molecule has 2 heterocycles. The van der Waals surface area contributed by atoms with Crippen molar-refractivity contribution in [1.29, 1.82) is 0 Å². The number of aryl methyl sites for hydroxylation is 1. The number of hydrogen-bond acceptors (Lipinski definition) is 19. The van der Waals surface area contributed by atoms with Gasteiger partial charge in [0, 0.05) is 123 Å². The van der Waals surface area contributed by atoms with Crippen LogP contribution < -0.4 is 26.6 Å². The van der Waals surface area contributed by atoms with Crippen LogP contribution in [0.25, 0.3) is 0 Å². The number of amides is 5. The number of nitrogens with one attached hydrogen (secondary N) is 5. The van der Waals surface area contributed by atoms with Crippen LogP contribution in [0.15, 0.2) is 24.3 Å². The van der Waals surface area contributed by atoms with E-state index < -0.39 is 111 Å². The minimum atomic E-state index is -1.58. The van der Waals surface area contributed by atoms with Crippen LogP contribution in [0.4, 0.5) is 0 Å². The molecule has 0 saturated carbocycles. The van der Waals surface area contributed by atoms with E-state index in [1.807, 2.05) is 24.3 Å². The van der Waals surface area contributed by atoms with Gasteiger partial charge in [0.05, 0.1) is 64.4 Å². The van der Waals surface area contributed by atoms with Crippen molar-refractivity contribution in [2.45, 2.75) is 64.5 Å². The molecule has 480 valence electrons. The highest BCUT2D eigenvalue weighted by Gasteiger charge is 2.29. The third kappa shape index (κ3) is 31.3. The zero-order valence-corrected chi connectivity index (χ0v) is 51.1. The van der Waals surface area contributed by atoms with E-state index in [1.54, 1.807) is 53.0 Å². The summed E-state index contributed by atoms with van der Waals surface area (Å²) < 4.78 is 0.